The van der Waals surface area contributed by atoms with E-state index in [9.17, 15) is 0 Å². The van der Waals surface area contributed by atoms with E-state index < -0.39 is 0 Å². The molecule has 1 N–H and O–H groups in total. The van der Waals surface area contributed by atoms with Gasteiger partial charge in [-0.15, -0.1) is 0 Å². The average molecular weight is 306 g/mol. The second kappa shape index (κ2) is 6.24. The number of benzene rings is 2. The van der Waals surface area contributed by atoms with Crippen LogP contribution in [-0.4, -0.2) is 13.8 Å². The Morgan fingerprint density at radius 1 is 1.14 bits per heavy atom. The Hall–Kier alpha value is -1.91. The molecule has 1 heterocycles. The summed E-state index contributed by atoms with van der Waals surface area (Å²) in [7, 11) is 1.89. The molecule has 1 aliphatic rings. The van der Waals surface area contributed by atoms with Gasteiger partial charge in [0.05, 0.1) is 0 Å². The second-order valence-electron chi connectivity index (χ2n) is 4.72. The van der Waals surface area contributed by atoms with Gasteiger partial charge >= 0.3 is 0 Å². The summed E-state index contributed by atoms with van der Waals surface area (Å²) >= 11 is 6.15. The van der Waals surface area contributed by atoms with Crippen LogP contribution in [0.2, 0.25) is 5.02 Å². The summed E-state index contributed by atoms with van der Waals surface area (Å²) in [5.74, 6) is 2.24. The Morgan fingerprint density at radius 3 is 2.67 bits per heavy atom. The number of fused-ring (bicyclic) bond motifs is 1. The summed E-state index contributed by atoms with van der Waals surface area (Å²) in [6.45, 7) is 1.35. The van der Waals surface area contributed by atoms with Gasteiger partial charge in [-0.1, -0.05) is 29.8 Å². The number of hydrogen-bond acceptors (Lipinski definition) is 4. The summed E-state index contributed by atoms with van der Waals surface area (Å²) < 4.78 is 16.7. The highest BCUT2D eigenvalue weighted by Gasteiger charge is 2.18. The lowest BCUT2D eigenvalue weighted by Gasteiger charge is -2.13. The molecule has 5 heteroatoms. The van der Waals surface area contributed by atoms with Crippen molar-refractivity contribution in [3.05, 3.63) is 52.5 Å². The van der Waals surface area contributed by atoms with Crippen LogP contribution in [-0.2, 0) is 13.2 Å². The Bertz CT molecular complexity index is 645. The maximum atomic E-state index is 6.15. The zero-order chi connectivity index (χ0) is 14.7. The zero-order valence-corrected chi connectivity index (χ0v) is 12.4. The first-order valence-electron chi connectivity index (χ1n) is 6.71. The van der Waals surface area contributed by atoms with Crippen LogP contribution in [0.5, 0.6) is 17.2 Å². The largest absolute Gasteiger partial charge is 0.488 e. The molecule has 0 spiro atoms. The fourth-order valence-electron chi connectivity index (χ4n) is 2.20. The van der Waals surface area contributed by atoms with Crippen molar-refractivity contribution in [2.75, 3.05) is 13.8 Å². The molecule has 0 amide bonds. The Morgan fingerprint density at radius 2 is 1.90 bits per heavy atom. The van der Waals surface area contributed by atoms with Crippen molar-refractivity contribution in [2.45, 2.75) is 13.2 Å². The summed E-state index contributed by atoms with van der Waals surface area (Å²) in [4.78, 5) is 0. The molecule has 0 radical (unpaired) electrons. The van der Waals surface area contributed by atoms with E-state index in [0.717, 1.165) is 22.6 Å². The summed E-state index contributed by atoms with van der Waals surface area (Å²) in [6.07, 6.45) is 0. The van der Waals surface area contributed by atoms with Gasteiger partial charge in [0.25, 0.3) is 0 Å². The van der Waals surface area contributed by atoms with E-state index in [1.807, 2.05) is 43.4 Å². The van der Waals surface area contributed by atoms with E-state index in [-0.39, 0.29) is 6.79 Å². The van der Waals surface area contributed by atoms with Crippen LogP contribution in [0.15, 0.2) is 36.4 Å². The maximum Gasteiger partial charge on any atom is 0.231 e. The van der Waals surface area contributed by atoms with Crippen molar-refractivity contribution >= 4 is 11.6 Å². The number of hydrogen-bond donors (Lipinski definition) is 1. The fourth-order valence-corrected chi connectivity index (χ4v) is 2.39. The van der Waals surface area contributed by atoms with Crippen molar-refractivity contribution in [2.24, 2.45) is 0 Å². The highest BCUT2D eigenvalue weighted by atomic mass is 35.5. The lowest BCUT2D eigenvalue weighted by molar-refractivity contribution is 0.173. The van der Waals surface area contributed by atoms with Crippen molar-refractivity contribution < 1.29 is 14.2 Å². The lowest BCUT2D eigenvalue weighted by Crippen LogP contribution is -2.08. The van der Waals surface area contributed by atoms with Gasteiger partial charge in [-0.05, 0) is 19.2 Å². The molecule has 0 unspecified atom stereocenters. The predicted octanol–water partition coefficient (Wildman–Crippen LogP) is 3.37. The minimum atomic E-state index is 0.252. The highest BCUT2D eigenvalue weighted by Crippen LogP contribution is 2.38. The molecule has 0 atom stereocenters. The van der Waals surface area contributed by atoms with E-state index in [2.05, 4.69) is 5.32 Å². The molecule has 3 rings (SSSR count). The monoisotopic (exact) mass is 305 g/mol. The molecule has 0 bridgehead atoms. The maximum absolute atomic E-state index is 6.15. The summed E-state index contributed by atoms with van der Waals surface area (Å²) in [5.41, 5.74) is 1.97. The van der Waals surface area contributed by atoms with Gasteiger partial charge in [0.1, 0.15) is 12.4 Å². The third-order valence-corrected chi connectivity index (χ3v) is 3.63. The van der Waals surface area contributed by atoms with Crippen LogP contribution < -0.4 is 19.5 Å². The standard InChI is InChI=1S/C16H16ClNO3/c1-18-8-12-6-15-16(21-10-20-15)7-14(12)19-9-11-4-2-3-5-13(11)17/h2-7,18H,8-10H2,1H3. The normalized spacial score (nSPS) is 12.5. The first-order valence-corrected chi connectivity index (χ1v) is 7.09. The number of halogens is 1. The molecule has 0 saturated carbocycles. The van der Waals surface area contributed by atoms with Crippen LogP contribution >= 0.6 is 11.6 Å². The topological polar surface area (TPSA) is 39.7 Å². The smallest absolute Gasteiger partial charge is 0.231 e. The molecule has 2 aromatic carbocycles. The van der Waals surface area contributed by atoms with Crippen LogP contribution in [0.25, 0.3) is 0 Å². The summed E-state index contributed by atoms with van der Waals surface area (Å²) in [5, 5.41) is 3.82. The minimum absolute atomic E-state index is 0.252. The third kappa shape index (κ3) is 3.06. The average Bonchev–Trinajstić information content (AvgIpc) is 2.94. The Labute approximate surface area is 128 Å². The Kier molecular flexibility index (Phi) is 4.18. The number of rotatable bonds is 5. The van der Waals surface area contributed by atoms with Crippen LogP contribution in [0.4, 0.5) is 0 Å². The van der Waals surface area contributed by atoms with Crippen LogP contribution in [0, 0.1) is 0 Å². The van der Waals surface area contributed by atoms with Crippen molar-refractivity contribution in [1.82, 2.24) is 5.32 Å². The molecular weight excluding hydrogens is 290 g/mol. The van der Waals surface area contributed by atoms with Gasteiger partial charge < -0.3 is 19.5 Å². The molecule has 0 aliphatic carbocycles. The van der Waals surface area contributed by atoms with Crippen molar-refractivity contribution in [3.63, 3.8) is 0 Å². The SMILES string of the molecule is CNCc1cc2c(cc1OCc1ccccc1Cl)OCO2. The first kappa shape index (κ1) is 14.0. The van der Waals surface area contributed by atoms with Crippen LogP contribution in [0.1, 0.15) is 11.1 Å². The highest BCUT2D eigenvalue weighted by molar-refractivity contribution is 6.31. The van der Waals surface area contributed by atoms with Gasteiger partial charge in [0.2, 0.25) is 6.79 Å². The van der Waals surface area contributed by atoms with Crippen molar-refractivity contribution in [1.29, 1.82) is 0 Å². The van der Waals surface area contributed by atoms with Crippen LogP contribution in [0.3, 0.4) is 0 Å². The van der Waals surface area contributed by atoms with Gasteiger partial charge in [-0.25, -0.2) is 0 Å². The van der Waals surface area contributed by atoms with Gasteiger partial charge in [0, 0.05) is 28.8 Å². The molecule has 2 aromatic rings. The molecular formula is C16H16ClNO3. The fraction of sp³-hybridized carbons (Fsp3) is 0.250. The minimum Gasteiger partial charge on any atom is -0.488 e. The molecule has 4 nitrogen and oxygen atoms in total. The molecule has 1 aliphatic heterocycles. The van der Waals surface area contributed by atoms with E-state index in [1.54, 1.807) is 0 Å². The molecule has 0 aromatic heterocycles. The van der Waals surface area contributed by atoms with Gasteiger partial charge in [0.15, 0.2) is 11.5 Å². The lowest BCUT2D eigenvalue weighted by atomic mass is 10.1. The van der Waals surface area contributed by atoms with E-state index in [0.29, 0.717) is 23.9 Å². The molecule has 0 fully saturated rings. The second-order valence-corrected chi connectivity index (χ2v) is 5.13. The van der Waals surface area contributed by atoms with E-state index >= 15 is 0 Å². The molecule has 0 saturated heterocycles. The number of nitrogens with one attached hydrogen (secondary N) is 1. The van der Waals surface area contributed by atoms with E-state index in [4.69, 9.17) is 25.8 Å². The predicted molar refractivity (Wildman–Crippen MR) is 81.1 cm³/mol. The third-order valence-electron chi connectivity index (χ3n) is 3.26. The number of ether oxygens (including phenoxy) is 3. The van der Waals surface area contributed by atoms with Gasteiger partial charge in [-0.2, -0.15) is 0 Å². The summed E-state index contributed by atoms with van der Waals surface area (Å²) in [6, 6.07) is 11.5. The quantitative estimate of drug-likeness (QED) is 0.919. The van der Waals surface area contributed by atoms with Crippen molar-refractivity contribution in [3.8, 4) is 17.2 Å². The molecule has 110 valence electrons. The zero-order valence-electron chi connectivity index (χ0n) is 11.7. The first-order chi connectivity index (χ1) is 10.3. The Balaban J connectivity index is 1.82. The molecule has 21 heavy (non-hydrogen) atoms. The van der Waals surface area contributed by atoms with Gasteiger partial charge in [-0.3, -0.25) is 0 Å². The van der Waals surface area contributed by atoms with E-state index in [1.165, 1.54) is 0 Å².